The molecule has 6 heteroatoms. The molecule has 2 aromatic heterocycles. The van der Waals surface area contributed by atoms with Crippen LogP contribution in [0.3, 0.4) is 0 Å². The molecule has 3 heterocycles. The molecule has 0 amide bonds. The maximum atomic E-state index is 14.8. The highest BCUT2D eigenvalue weighted by Gasteiger charge is 2.21. The van der Waals surface area contributed by atoms with Crippen molar-refractivity contribution >= 4 is 0 Å². The van der Waals surface area contributed by atoms with Crippen LogP contribution in [0.2, 0.25) is 0 Å². The largest absolute Gasteiger partial charge is 0.361 e. The minimum atomic E-state index is -0.230. The molecule has 0 aliphatic carbocycles. The van der Waals surface area contributed by atoms with Crippen molar-refractivity contribution < 1.29 is 4.39 Å². The highest BCUT2D eigenvalue weighted by atomic mass is 19.1. The fraction of sp³-hybridized carbons (Fsp3) is 0.240. The summed E-state index contributed by atoms with van der Waals surface area (Å²) in [7, 11) is 2.15. The monoisotopic (exact) mass is 415 g/mol. The van der Waals surface area contributed by atoms with E-state index in [2.05, 4.69) is 39.1 Å². The quantitative estimate of drug-likeness (QED) is 0.525. The van der Waals surface area contributed by atoms with Crippen LogP contribution in [0.1, 0.15) is 5.56 Å². The van der Waals surface area contributed by atoms with Gasteiger partial charge in [0.15, 0.2) is 0 Å². The molecular weight excluding hydrogens is 389 g/mol. The SMILES string of the molecule is CN1CCN(Cc2cnn(-c3ccc(-c4ccc[nH]4)cc3)c2-c2ccccc2F)CC1. The van der Waals surface area contributed by atoms with Crippen LogP contribution in [-0.4, -0.2) is 57.8 Å². The van der Waals surface area contributed by atoms with Crippen LogP contribution in [0.15, 0.2) is 73.1 Å². The van der Waals surface area contributed by atoms with Crippen LogP contribution < -0.4 is 0 Å². The summed E-state index contributed by atoms with van der Waals surface area (Å²) in [5, 5.41) is 4.68. The zero-order valence-electron chi connectivity index (χ0n) is 17.6. The van der Waals surface area contributed by atoms with Gasteiger partial charge in [0, 0.05) is 55.7 Å². The second kappa shape index (κ2) is 8.49. The Morgan fingerprint density at radius 1 is 0.935 bits per heavy atom. The first-order chi connectivity index (χ1) is 15.2. The van der Waals surface area contributed by atoms with Crippen LogP contribution in [0.5, 0.6) is 0 Å². The highest BCUT2D eigenvalue weighted by Crippen LogP contribution is 2.30. The number of nitrogens with one attached hydrogen (secondary N) is 1. The van der Waals surface area contributed by atoms with E-state index in [0.717, 1.165) is 60.9 Å². The molecule has 1 N–H and O–H groups in total. The third-order valence-electron chi connectivity index (χ3n) is 5.98. The van der Waals surface area contributed by atoms with Crippen LogP contribution in [0.25, 0.3) is 28.2 Å². The van der Waals surface area contributed by atoms with E-state index >= 15 is 0 Å². The second-order valence-corrected chi connectivity index (χ2v) is 8.12. The van der Waals surface area contributed by atoms with Gasteiger partial charge in [-0.2, -0.15) is 5.10 Å². The molecule has 0 unspecified atom stereocenters. The van der Waals surface area contributed by atoms with E-state index in [-0.39, 0.29) is 5.82 Å². The van der Waals surface area contributed by atoms with Gasteiger partial charge in [-0.05, 0) is 49.0 Å². The molecule has 1 aliphatic heterocycles. The van der Waals surface area contributed by atoms with Gasteiger partial charge in [0.2, 0.25) is 0 Å². The Balaban J connectivity index is 1.53. The van der Waals surface area contributed by atoms with Gasteiger partial charge in [0.1, 0.15) is 5.82 Å². The van der Waals surface area contributed by atoms with Crippen molar-refractivity contribution in [2.45, 2.75) is 6.54 Å². The molecule has 0 radical (unpaired) electrons. The molecular formula is C25H26FN5. The summed E-state index contributed by atoms with van der Waals surface area (Å²) < 4.78 is 16.7. The predicted molar refractivity (Wildman–Crippen MR) is 122 cm³/mol. The van der Waals surface area contributed by atoms with E-state index in [4.69, 9.17) is 0 Å². The summed E-state index contributed by atoms with van der Waals surface area (Å²) >= 11 is 0. The van der Waals surface area contributed by atoms with Crippen molar-refractivity contribution in [1.82, 2.24) is 24.6 Å². The van der Waals surface area contributed by atoms with Crippen molar-refractivity contribution in [1.29, 1.82) is 0 Å². The van der Waals surface area contributed by atoms with E-state index in [0.29, 0.717) is 5.56 Å². The Kier molecular flexibility index (Phi) is 5.40. The number of halogens is 1. The maximum absolute atomic E-state index is 14.8. The molecule has 4 aromatic rings. The minimum Gasteiger partial charge on any atom is -0.361 e. The van der Waals surface area contributed by atoms with Gasteiger partial charge in [0.05, 0.1) is 17.6 Å². The third-order valence-corrected chi connectivity index (χ3v) is 5.98. The average Bonchev–Trinajstić information content (AvgIpc) is 3.47. The molecule has 158 valence electrons. The van der Waals surface area contributed by atoms with Crippen LogP contribution in [0, 0.1) is 5.82 Å². The number of hydrogen-bond acceptors (Lipinski definition) is 3. The number of H-pyrrole nitrogens is 1. The van der Waals surface area contributed by atoms with E-state index in [1.165, 1.54) is 6.07 Å². The van der Waals surface area contributed by atoms with E-state index in [1.54, 1.807) is 6.07 Å². The standard InChI is InChI=1S/C25H26FN5/c1-29-13-15-30(16-14-29)18-20-17-28-31(25(20)22-5-2-3-6-23(22)26)21-10-8-19(9-11-21)24-7-4-12-27-24/h2-12,17,27H,13-16,18H2,1H3. The first kappa shape index (κ1) is 19.7. The fourth-order valence-electron chi connectivity index (χ4n) is 4.17. The Bertz CT molecular complexity index is 1140. The lowest BCUT2D eigenvalue weighted by atomic mass is 10.1. The van der Waals surface area contributed by atoms with Crippen molar-refractivity contribution in [3.05, 3.63) is 84.4 Å². The summed E-state index contributed by atoms with van der Waals surface area (Å²) in [5.74, 6) is -0.230. The number of nitrogens with zero attached hydrogens (tertiary/aromatic N) is 4. The predicted octanol–water partition coefficient (Wildman–Crippen LogP) is 4.42. The number of hydrogen-bond donors (Lipinski definition) is 1. The highest BCUT2D eigenvalue weighted by molar-refractivity contribution is 5.67. The van der Waals surface area contributed by atoms with Crippen LogP contribution in [-0.2, 0) is 6.54 Å². The van der Waals surface area contributed by atoms with Gasteiger partial charge in [-0.1, -0.05) is 24.3 Å². The van der Waals surface area contributed by atoms with Crippen molar-refractivity contribution in [3.63, 3.8) is 0 Å². The van der Waals surface area contributed by atoms with Crippen molar-refractivity contribution in [3.8, 4) is 28.2 Å². The van der Waals surface area contributed by atoms with Crippen molar-refractivity contribution in [2.24, 2.45) is 0 Å². The smallest absolute Gasteiger partial charge is 0.132 e. The topological polar surface area (TPSA) is 40.1 Å². The second-order valence-electron chi connectivity index (χ2n) is 8.12. The van der Waals surface area contributed by atoms with Gasteiger partial charge in [0.25, 0.3) is 0 Å². The Morgan fingerprint density at radius 3 is 2.42 bits per heavy atom. The lowest BCUT2D eigenvalue weighted by Gasteiger charge is -2.32. The van der Waals surface area contributed by atoms with E-state index in [1.807, 2.05) is 53.5 Å². The van der Waals surface area contributed by atoms with Crippen LogP contribution in [0.4, 0.5) is 4.39 Å². The van der Waals surface area contributed by atoms with Gasteiger partial charge in [-0.3, -0.25) is 4.90 Å². The molecule has 0 atom stereocenters. The number of piperazine rings is 1. The maximum Gasteiger partial charge on any atom is 0.132 e. The van der Waals surface area contributed by atoms with E-state index < -0.39 is 0 Å². The van der Waals surface area contributed by atoms with Crippen molar-refractivity contribution in [2.75, 3.05) is 33.2 Å². The van der Waals surface area contributed by atoms with Gasteiger partial charge >= 0.3 is 0 Å². The Labute approximate surface area is 181 Å². The van der Waals surface area contributed by atoms with Crippen LogP contribution >= 0.6 is 0 Å². The van der Waals surface area contributed by atoms with Gasteiger partial charge in [-0.15, -0.1) is 0 Å². The number of likely N-dealkylation sites (N-methyl/N-ethyl adjacent to an activating group) is 1. The normalized spacial score (nSPS) is 15.4. The average molecular weight is 416 g/mol. The summed E-state index contributed by atoms with van der Waals surface area (Å²) in [5.41, 5.74) is 5.53. The van der Waals surface area contributed by atoms with Gasteiger partial charge in [-0.25, -0.2) is 9.07 Å². The molecule has 1 fully saturated rings. The first-order valence-electron chi connectivity index (χ1n) is 10.7. The zero-order valence-corrected chi connectivity index (χ0v) is 17.6. The number of benzene rings is 2. The molecule has 5 nitrogen and oxygen atoms in total. The fourth-order valence-corrected chi connectivity index (χ4v) is 4.17. The molecule has 31 heavy (non-hydrogen) atoms. The number of aromatic nitrogens is 3. The zero-order chi connectivity index (χ0) is 21.2. The summed E-state index contributed by atoms with van der Waals surface area (Å²) in [6.07, 6.45) is 3.80. The summed E-state index contributed by atoms with van der Waals surface area (Å²) in [6, 6.07) is 19.2. The molecule has 0 saturated carbocycles. The Hall–Kier alpha value is -3.22. The lowest BCUT2D eigenvalue weighted by molar-refractivity contribution is 0.148. The summed E-state index contributed by atoms with van der Waals surface area (Å²) in [4.78, 5) is 7.98. The summed E-state index contributed by atoms with van der Waals surface area (Å²) in [6.45, 7) is 4.86. The first-order valence-corrected chi connectivity index (χ1v) is 10.7. The molecule has 1 aliphatic rings. The van der Waals surface area contributed by atoms with Gasteiger partial charge < -0.3 is 9.88 Å². The third kappa shape index (κ3) is 4.04. The van der Waals surface area contributed by atoms with E-state index in [9.17, 15) is 4.39 Å². The molecule has 0 bridgehead atoms. The number of aromatic amines is 1. The molecule has 0 spiro atoms. The number of rotatable bonds is 5. The molecule has 1 saturated heterocycles. The lowest BCUT2D eigenvalue weighted by Crippen LogP contribution is -2.43. The Morgan fingerprint density at radius 2 is 1.71 bits per heavy atom. The molecule has 2 aromatic carbocycles. The minimum absolute atomic E-state index is 0.230. The molecule has 5 rings (SSSR count).